The lowest BCUT2D eigenvalue weighted by atomic mass is 10.1. The normalized spacial score (nSPS) is 12.8. The lowest BCUT2D eigenvalue weighted by molar-refractivity contribution is 0.608. The highest BCUT2D eigenvalue weighted by Gasteiger charge is 2.11. The molecule has 22 heavy (non-hydrogen) atoms. The summed E-state index contributed by atoms with van der Waals surface area (Å²) in [4.78, 5) is 4.26. The average Bonchev–Trinajstić information content (AvgIpc) is 2.52. The van der Waals surface area contributed by atoms with E-state index in [0.717, 1.165) is 18.4 Å². The number of aromatic nitrogens is 1. The summed E-state index contributed by atoms with van der Waals surface area (Å²) in [6, 6.07) is 5.72. The fraction of sp³-hybridized carbons (Fsp3) is 0.500. The molecule has 1 aliphatic carbocycles. The molecule has 0 saturated carbocycles. The van der Waals surface area contributed by atoms with Gasteiger partial charge in [-0.1, -0.05) is 51.8 Å². The van der Waals surface area contributed by atoms with Gasteiger partial charge >= 0.3 is 0 Å². The molecule has 0 fully saturated rings. The molecular weight excluding hydrogens is 294 g/mol. The summed E-state index contributed by atoms with van der Waals surface area (Å²) < 4.78 is 22.0. The van der Waals surface area contributed by atoms with Gasteiger partial charge < -0.3 is 0 Å². The molecule has 0 radical (unpaired) electrons. The number of nitrogens with zero attached hydrogens (tertiary/aromatic N) is 1. The first-order chi connectivity index (χ1) is 10.4. The standard InChI is InChI=1S/C8H12O2S.C5H5N.C3H8.C2H6/c1-7-4-3-5-8(6-7)11(2,9)10;1-2-4-6-5-3-1;1-3-2;1-2/h5-6H,3-4H2,1-2H3;1-5H;3H2,1-2H3;1-2H3. The number of hydrogen-bond acceptors (Lipinski definition) is 3. The minimum atomic E-state index is -2.97. The Bertz CT molecular complexity index is 491. The minimum Gasteiger partial charge on any atom is -0.265 e. The second-order valence-electron chi connectivity index (χ2n) is 4.64. The van der Waals surface area contributed by atoms with E-state index in [-0.39, 0.29) is 0 Å². The Kier molecular flexibility index (Phi) is 15.1. The Morgan fingerprint density at radius 1 is 1.09 bits per heavy atom. The minimum absolute atomic E-state index is 0.473. The topological polar surface area (TPSA) is 47.0 Å². The molecule has 4 heteroatoms. The van der Waals surface area contributed by atoms with Crippen molar-refractivity contribution in [1.29, 1.82) is 0 Å². The summed E-state index contributed by atoms with van der Waals surface area (Å²) in [6.07, 6.45) is 11.4. The lowest BCUT2D eigenvalue weighted by Crippen LogP contribution is -2.01. The van der Waals surface area contributed by atoms with Crippen LogP contribution in [-0.2, 0) is 9.84 Å². The molecule has 0 N–H and O–H groups in total. The maximum atomic E-state index is 11.0. The van der Waals surface area contributed by atoms with Crippen LogP contribution in [-0.4, -0.2) is 19.7 Å². The van der Waals surface area contributed by atoms with Crippen molar-refractivity contribution in [2.45, 2.75) is 53.9 Å². The van der Waals surface area contributed by atoms with E-state index < -0.39 is 9.84 Å². The van der Waals surface area contributed by atoms with E-state index in [2.05, 4.69) is 18.8 Å². The first-order valence-electron chi connectivity index (χ1n) is 7.84. The van der Waals surface area contributed by atoms with E-state index >= 15 is 0 Å². The van der Waals surface area contributed by atoms with Crippen LogP contribution >= 0.6 is 0 Å². The van der Waals surface area contributed by atoms with Gasteiger partial charge in [0.2, 0.25) is 0 Å². The zero-order valence-electron chi connectivity index (χ0n) is 14.8. The summed E-state index contributed by atoms with van der Waals surface area (Å²) in [5.41, 5.74) is 1.15. The quantitative estimate of drug-likeness (QED) is 0.715. The van der Waals surface area contributed by atoms with Crippen molar-refractivity contribution in [2.75, 3.05) is 6.26 Å². The molecule has 0 aromatic carbocycles. The molecule has 1 heterocycles. The number of sulfone groups is 1. The van der Waals surface area contributed by atoms with Crippen LogP contribution in [0, 0.1) is 0 Å². The lowest BCUT2D eigenvalue weighted by Gasteiger charge is -2.07. The Morgan fingerprint density at radius 3 is 1.82 bits per heavy atom. The first kappa shape index (κ1) is 22.9. The van der Waals surface area contributed by atoms with Crippen molar-refractivity contribution >= 4 is 9.84 Å². The highest BCUT2D eigenvalue weighted by Crippen LogP contribution is 2.19. The van der Waals surface area contributed by atoms with Crippen molar-refractivity contribution in [3.8, 4) is 0 Å². The molecule has 2 rings (SSSR count). The van der Waals surface area contributed by atoms with Gasteiger partial charge in [0, 0.05) is 18.6 Å². The molecule has 0 amide bonds. The molecule has 0 atom stereocenters. The Morgan fingerprint density at radius 2 is 1.59 bits per heavy atom. The molecule has 126 valence electrons. The van der Waals surface area contributed by atoms with Gasteiger partial charge in [-0.05, 0) is 38.0 Å². The number of pyridine rings is 1. The smallest absolute Gasteiger partial charge is 0.175 e. The summed E-state index contributed by atoms with van der Waals surface area (Å²) in [6.45, 7) is 10.2. The van der Waals surface area contributed by atoms with Crippen LogP contribution < -0.4 is 0 Å². The molecule has 0 spiro atoms. The third kappa shape index (κ3) is 13.6. The van der Waals surface area contributed by atoms with Crippen molar-refractivity contribution in [3.63, 3.8) is 0 Å². The molecule has 3 nitrogen and oxygen atoms in total. The number of hydrogen-bond donors (Lipinski definition) is 0. The van der Waals surface area contributed by atoms with Gasteiger partial charge in [0.15, 0.2) is 9.84 Å². The maximum absolute atomic E-state index is 11.0. The van der Waals surface area contributed by atoms with Gasteiger partial charge in [-0.2, -0.15) is 0 Å². The Hall–Kier alpha value is -1.42. The fourth-order valence-electron chi connectivity index (χ4n) is 1.39. The third-order valence-corrected chi connectivity index (χ3v) is 3.41. The van der Waals surface area contributed by atoms with E-state index in [9.17, 15) is 8.42 Å². The van der Waals surface area contributed by atoms with Crippen molar-refractivity contribution in [1.82, 2.24) is 4.98 Å². The monoisotopic (exact) mass is 325 g/mol. The summed E-state index contributed by atoms with van der Waals surface area (Å²) in [5.74, 6) is 0. The van der Waals surface area contributed by atoms with Gasteiger partial charge in [-0.3, -0.25) is 4.98 Å². The van der Waals surface area contributed by atoms with Gasteiger partial charge in [-0.25, -0.2) is 8.42 Å². The van der Waals surface area contributed by atoms with Crippen LogP contribution in [0.2, 0.25) is 0 Å². The van der Waals surface area contributed by atoms with Gasteiger partial charge in [0.1, 0.15) is 0 Å². The first-order valence-corrected chi connectivity index (χ1v) is 9.73. The van der Waals surface area contributed by atoms with Crippen LogP contribution in [0.5, 0.6) is 0 Å². The van der Waals surface area contributed by atoms with E-state index in [0.29, 0.717) is 4.91 Å². The van der Waals surface area contributed by atoms with Crippen LogP contribution in [0.1, 0.15) is 53.9 Å². The van der Waals surface area contributed by atoms with Crippen LogP contribution in [0.4, 0.5) is 0 Å². The molecule has 1 aliphatic rings. The molecule has 1 aromatic heterocycles. The highest BCUT2D eigenvalue weighted by atomic mass is 32.2. The van der Waals surface area contributed by atoms with E-state index in [4.69, 9.17) is 0 Å². The largest absolute Gasteiger partial charge is 0.265 e. The van der Waals surface area contributed by atoms with E-state index in [1.165, 1.54) is 12.7 Å². The zero-order chi connectivity index (χ0) is 17.4. The second kappa shape index (κ2) is 14.5. The second-order valence-corrected chi connectivity index (χ2v) is 6.66. The Balaban J connectivity index is 0. The molecule has 0 saturated heterocycles. The van der Waals surface area contributed by atoms with Crippen molar-refractivity contribution in [2.24, 2.45) is 0 Å². The van der Waals surface area contributed by atoms with Crippen molar-refractivity contribution < 1.29 is 8.42 Å². The highest BCUT2D eigenvalue weighted by molar-refractivity contribution is 7.94. The zero-order valence-corrected chi connectivity index (χ0v) is 15.7. The average molecular weight is 326 g/mol. The number of allylic oxidation sites excluding steroid dienone is 3. The van der Waals surface area contributed by atoms with Gasteiger partial charge in [-0.15, -0.1) is 0 Å². The predicted octanol–water partition coefficient (Wildman–Crippen LogP) is 5.18. The van der Waals surface area contributed by atoms with Crippen LogP contribution in [0.3, 0.4) is 0 Å². The fourth-order valence-corrected chi connectivity index (χ4v) is 2.22. The SMILES string of the molecule is CC.CC1=CC(S(C)(=O)=O)=CCC1.CCC.c1ccncc1. The van der Waals surface area contributed by atoms with Crippen LogP contribution in [0.25, 0.3) is 0 Å². The summed E-state index contributed by atoms with van der Waals surface area (Å²) in [7, 11) is -2.97. The van der Waals surface area contributed by atoms with Gasteiger partial charge in [0.05, 0.1) is 4.91 Å². The van der Waals surface area contributed by atoms with Crippen LogP contribution in [0.15, 0.2) is 53.2 Å². The van der Waals surface area contributed by atoms with Crippen molar-refractivity contribution in [3.05, 3.63) is 53.2 Å². The Labute approximate surface area is 137 Å². The third-order valence-electron chi connectivity index (χ3n) is 2.27. The molecule has 0 bridgehead atoms. The van der Waals surface area contributed by atoms with E-state index in [1.807, 2.05) is 39.0 Å². The molecule has 1 aromatic rings. The molecule has 0 unspecified atom stereocenters. The maximum Gasteiger partial charge on any atom is 0.175 e. The predicted molar refractivity (Wildman–Crippen MR) is 97.5 cm³/mol. The van der Waals surface area contributed by atoms with Gasteiger partial charge in [0.25, 0.3) is 0 Å². The molecule has 0 aliphatic heterocycles. The van der Waals surface area contributed by atoms with E-state index in [1.54, 1.807) is 24.5 Å². The summed E-state index contributed by atoms with van der Waals surface area (Å²) in [5, 5.41) is 0. The summed E-state index contributed by atoms with van der Waals surface area (Å²) >= 11 is 0. The molecular formula is C18H31NO2S. The number of rotatable bonds is 1.